The zero-order chi connectivity index (χ0) is 13.9. The topological polar surface area (TPSA) is 63.6 Å². The third-order valence-electron chi connectivity index (χ3n) is 2.54. The van der Waals surface area contributed by atoms with E-state index in [0.29, 0.717) is 5.95 Å². The number of aromatic nitrogens is 4. The van der Waals surface area contributed by atoms with E-state index in [2.05, 4.69) is 44.6 Å². The number of nitrogens with zero attached hydrogens (tertiary/aromatic N) is 4. The highest BCUT2D eigenvalue weighted by atomic mass is 32.2. The van der Waals surface area contributed by atoms with Gasteiger partial charge in [0, 0.05) is 16.8 Å². The average Bonchev–Trinajstić information content (AvgIpc) is 3.05. The van der Waals surface area contributed by atoms with Gasteiger partial charge in [0.25, 0.3) is 0 Å². The molecule has 20 heavy (non-hydrogen) atoms. The lowest BCUT2D eigenvalue weighted by Crippen LogP contribution is -2.04. The van der Waals surface area contributed by atoms with Crippen LogP contribution in [-0.2, 0) is 0 Å². The molecule has 0 aliphatic heterocycles. The van der Waals surface area contributed by atoms with Gasteiger partial charge < -0.3 is 5.32 Å². The van der Waals surface area contributed by atoms with Crippen molar-refractivity contribution in [2.45, 2.75) is 29.6 Å². The van der Waals surface area contributed by atoms with Crippen LogP contribution in [0, 0.1) is 6.92 Å². The Hall–Kier alpha value is -1.25. The Kier molecular flexibility index (Phi) is 4.13. The molecule has 3 heterocycles. The lowest BCUT2D eigenvalue weighted by molar-refractivity contribution is 0.947. The van der Waals surface area contributed by atoms with Gasteiger partial charge in [0.2, 0.25) is 5.95 Å². The SMILES string of the molecule is CCCNc1nc(Sc2ncns2)c2cc(C)sc2n1. The quantitative estimate of drug-likeness (QED) is 0.720. The maximum atomic E-state index is 4.61. The van der Waals surface area contributed by atoms with Crippen molar-refractivity contribution in [2.75, 3.05) is 11.9 Å². The first-order valence-electron chi connectivity index (χ1n) is 6.23. The van der Waals surface area contributed by atoms with E-state index in [1.165, 1.54) is 16.4 Å². The molecule has 0 fully saturated rings. The summed E-state index contributed by atoms with van der Waals surface area (Å²) in [6.45, 7) is 5.08. The maximum absolute atomic E-state index is 4.61. The predicted molar refractivity (Wildman–Crippen MR) is 85.0 cm³/mol. The Morgan fingerprint density at radius 3 is 3.00 bits per heavy atom. The van der Waals surface area contributed by atoms with Crippen molar-refractivity contribution in [2.24, 2.45) is 0 Å². The van der Waals surface area contributed by atoms with Crippen molar-refractivity contribution in [3.05, 3.63) is 17.3 Å². The van der Waals surface area contributed by atoms with Crippen molar-refractivity contribution in [1.82, 2.24) is 19.3 Å². The molecule has 8 heteroatoms. The molecule has 0 aliphatic carbocycles. The summed E-state index contributed by atoms with van der Waals surface area (Å²) in [6.07, 6.45) is 2.62. The van der Waals surface area contributed by atoms with Crippen LogP contribution in [0.1, 0.15) is 18.2 Å². The van der Waals surface area contributed by atoms with Crippen LogP contribution in [0.2, 0.25) is 0 Å². The fourth-order valence-corrected chi connectivity index (χ4v) is 4.10. The van der Waals surface area contributed by atoms with Crippen molar-refractivity contribution >= 4 is 50.8 Å². The predicted octanol–water partition coefficient (Wildman–Crippen LogP) is 3.82. The molecule has 0 atom stereocenters. The third-order valence-corrected chi connectivity index (χ3v) is 5.20. The molecular weight excluding hydrogens is 310 g/mol. The lowest BCUT2D eigenvalue weighted by Gasteiger charge is -2.05. The molecule has 0 saturated heterocycles. The molecule has 0 saturated carbocycles. The van der Waals surface area contributed by atoms with E-state index in [1.54, 1.807) is 29.4 Å². The van der Waals surface area contributed by atoms with E-state index in [-0.39, 0.29) is 0 Å². The van der Waals surface area contributed by atoms with Crippen LogP contribution >= 0.6 is 34.6 Å². The molecular formula is C12H13N5S3. The third kappa shape index (κ3) is 2.92. The number of anilines is 1. The van der Waals surface area contributed by atoms with Crippen LogP contribution in [0.5, 0.6) is 0 Å². The number of nitrogens with one attached hydrogen (secondary N) is 1. The molecule has 3 rings (SSSR count). The highest BCUT2D eigenvalue weighted by Gasteiger charge is 2.13. The Morgan fingerprint density at radius 2 is 2.25 bits per heavy atom. The summed E-state index contributed by atoms with van der Waals surface area (Å²) in [5.41, 5.74) is 0. The Labute approximate surface area is 129 Å². The fraction of sp³-hybridized carbons (Fsp3) is 0.333. The largest absolute Gasteiger partial charge is 0.354 e. The molecule has 0 aromatic carbocycles. The number of rotatable bonds is 5. The van der Waals surface area contributed by atoms with E-state index in [9.17, 15) is 0 Å². The summed E-state index contributed by atoms with van der Waals surface area (Å²) >= 11 is 4.62. The Balaban J connectivity index is 2.02. The van der Waals surface area contributed by atoms with E-state index in [1.807, 2.05) is 0 Å². The van der Waals surface area contributed by atoms with E-state index in [4.69, 9.17) is 0 Å². The van der Waals surface area contributed by atoms with Gasteiger partial charge in [-0.1, -0.05) is 6.92 Å². The van der Waals surface area contributed by atoms with Gasteiger partial charge in [-0.05, 0) is 42.7 Å². The number of thiophene rings is 1. The molecule has 5 nitrogen and oxygen atoms in total. The summed E-state index contributed by atoms with van der Waals surface area (Å²) in [5, 5.41) is 5.29. The van der Waals surface area contributed by atoms with Gasteiger partial charge in [-0.15, -0.1) is 11.3 Å². The normalized spacial score (nSPS) is 11.1. The molecule has 3 aromatic rings. The average molecular weight is 323 g/mol. The van der Waals surface area contributed by atoms with Gasteiger partial charge >= 0.3 is 0 Å². The molecule has 0 amide bonds. The zero-order valence-corrected chi connectivity index (χ0v) is 13.5. The molecule has 1 N–H and O–H groups in total. The minimum absolute atomic E-state index is 0.688. The highest BCUT2D eigenvalue weighted by molar-refractivity contribution is 8.01. The second kappa shape index (κ2) is 6.02. The summed E-state index contributed by atoms with van der Waals surface area (Å²) in [5.74, 6) is 0.688. The minimum Gasteiger partial charge on any atom is -0.354 e. The monoisotopic (exact) mass is 323 g/mol. The second-order valence-electron chi connectivity index (χ2n) is 4.16. The number of aryl methyl sites for hydroxylation is 1. The number of hydrogen-bond donors (Lipinski definition) is 1. The van der Waals surface area contributed by atoms with Gasteiger partial charge in [0.05, 0.1) is 0 Å². The summed E-state index contributed by atoms with van der Waals surface area (Å²) in [4.78, 5) is 15.7. The Bertz CT molecular complexity index is 707. The van der Waals surface area contributed by atoms with Crippen molar-refractivity contribution < 1.29 is 0 Å². The van der Waals surface area contributed by atoms with E-state index in [0.717, 1.165) is 32.5 Å². The molecule has 0 aliphatic rings. The van der Waals surface area contributed by atoms with Crippen LogP contribution in [0.4, 0.5) is 5.95 Å². The van der Waals surface area contributed by atoms with Crippen molar-refractivity contribution in [1.29, 1.82) is 0 Å². The maximum Gasteiger partial charge on any atom is 0.225 e. The number of fused-ring (bicyclic) bond motifs is 1. The lowest BCUT2D eigenvalue weighted by atomic mass is 10.4. The molecule has 0 radical (unpaired) electrons. The van der Waals surface area contributed by atoms with Gasteiger partial charge in [-0.3, -0.25) is 0 Å². The van der Waals surface area contributed by atoms with Gasteiger partial charge in [-0.2, -0.15) is 4.37 Å². The fourth-order valence-electron chi connectivity index (χ4n) is 1.70. The first-order valence-corrected chi connectivity index (χ1v) is 8.63. The number of hydrogen-bond acceptors (Lipinski definition) is 8. The first kappa shape index (κ1) is 13.7. The van der Waals surface area contributed by atoms with Gasteiger partial charge in [0.15, 0.2) is 4.34 Å². The smallest absolute Gasteiger partial charge is 0.225 e. The first-order chi connectivity index (χ1) is 9.76. The van der Waals surface area contributed by atoms with Crippen LogP contribution in [0.3, 0.4) is 0 Å². The molecule has 0 spiro atoms. The molecule has 0 unspecified atom stereocenters. The summed E-state index contributed by atoms with van der Waals surface area (Å²) in [7, 11) is 0. The van der Waals surface area contributed by atoms with E-state index >= 15 is 0 Å². The highest BCUT2D eigenvalue weighted by Crippen LogP contribution is 2.35. The van der Waals surface area contributed by atoms with Crippen molar-refractivity contribution in [3.8, 4) is 0 Å². The second-order valence-corrected chi connectivity index (χ2v) is 7.42. The minimum atomic E-state index is 0.688. The summed E-state index contributed by atoms with van der Waals surface area (Å²) in [6, 6.07) is 2.13. The van der Waals surface area contributed by atoms with Crippen molar-refractivity contribution in [3.63, 3.8) is 0 Å². The molecule has 3 aromatic heterocycles. The summed E-state index contributed by atoms with van der Waals surface area (Å²) < 4.78 is 4.93. The Morgan fingerprint density at radius 1 is 1.35 bits per heavy atom. The molecule has 0 bridgehead atoms. The van der Waals surface area contributed by atoms with Crippen LogP contribution in [0.25, 0.3) is 10.2 Å². The van der Waals surface area contributed by atoms with E-state index < -0.39 is 0 Å². The molecule has 104 valence electrons. The van der Waals surface area contributed by atoms with Gasteiger partial charge in [-0.25, -0.2) is 15.0 Å². The standard InChI is InChI=1S/C12H13N5S3/c1-3-4-13-11-16-9-8(5-7(2)18-9)10(17-11)19-12-14-6-15-20-12/h5-6H,3-4H2,1-2H3,(H,13,16,17). The van der Waals surface area contributed by atoms with Crippen LogP contribution in [-0.4, -0.2) is 25.9 Å². The van der Waals surface area contributed by atoms with Crippen LogP contribution < -0.4 is 5.32 Å². The van der Waals surface area contributed by atoms with Crippen LogP contribution in [0.15, 0.2) is 21.8 Å². The zero-order valence-electron chi connectivity index (χ0n) is 11.1. The van der Waals surface area contributed by atoms with Gasteiger partial charge in [0.1, 0.15) is 16.2 Å².